The lowest BCUT2D eigenvalue weighted by molar-refractivity contribution is -0.384. The molecule has 2 bridgehead atoms. The summed E-state index contributed by atoms with van der Waals surface area (Å²) >= 11 is 0. The largest absolute Gasteiger partial charge is 0.457 e. The van der Waals surface area contributed by atoms with Crippen LogP contribution < -0.4 is 9.64 Å². The number of nitrogens with zero attached hydrogens (tertiary/aromatic N) is 2. The number of nitro benzene ring substituents is 1. The Morgan fingerprint density at radius 2 is 1.37 bits per heavy atom. The Morgan fingerprint density at radius 1 is 0.761 bits per heavy atom. The van der Waals surface area contributed by atoms with Gasteiger partial charge in [0.25, 0.3) is 5.69 Å². The Hall–Kier alpha value is -5.64. The molecular weight excluding hydrogens is 588 g/mol. The van der Waals surface area contributed by atoms with E-state index in [-0.39, 0.29) is 52.7 Å². The Labute approximate surface area is 263 Å². The summed E-state index contributed by atoms with van der Waals surface area (Å²) in [7, 11) is 0. The number of amides is 2. The van der Waals surface area contributed by atoms with Crippen LogP contribution >= 0.6 is 0 Å². The van der Waals surface area contributed by atoms with Gasteiger partial charge in [-0.25, -0.2) is 4.79 Å². The molecule has 0 aromatic heterocycles. The quantitative estimate of drug-likeness (QED) is 0.0698. The van der Waals surface area contributed by atoms with E-state index in [2.05, 4.69) is 12.1 Å². The van der Waals surface area contributed by atoms with Gasteiger partial charge in [0.15, 0.2) is 12.4 Å². The van der Waals surface area contributed by atoms with Gasteiger partial charge in [-0.1, -0.05) is 30.3 Å². The third-order valence-corrected chi connectivity index (χ3v) is 9.40. The molecule has 5 atom stereocenters. The monoisotopic (exact) mass is 616 g/mol. The summed E-state index contributed by atoms with van der Waals surface area (Å²) in [5, 5.41) is 10.8. The summed E-state index contributed by atoms with van der Waals surface area (Å²) < 4.78 is 10.9. The van der Waals surface area contributed by atoms with Gasteiger partial charge >= 0.3 is 5.97 Å². The molecule has 5 unspecified atom stereocenters. The Balaban J connectivity index is 0.947. The number of esters is 1. The lowest BCUT2D eigenvalue weighted by Crippen LogP contribution is -2.33. The fourth-order valence-corrected chi connectivity index (χ4v) is 7.32. The van der Waals surface area contributed by atoms with Gasteiger partial charge in [0.05, 0.1) is 28.0 Å². The second-order valence-corrected chi connectivity index (χ2v) is 11.9. The summed E-state index contributed by atoms with van der Waals surface area (Å²) in [5.41, 5.74) is 2.08. The van der Waals surface area contributed by atoms with Gasteiger partial charge in [-0.15, -0.1) is 0 Å². The van der Waals surface area contributed by atoms with Crippen molar-refractivity contribution in [2.24, 2.45) is 23.7 Å². The van der Waals surface area contributed by atoms with Crippen LogP contribution in [0.1, 0.15) is 45.0 Å². The molecule has 230 valence electrons. The van der Waals surface area contributed by atoms with Gasteiger partial charge in [-0.2, -0.15) is 0 Å². The van der Waals surface area contributed by atoms with Crippen molar-refractivity contribution < 1.29 is 33.6 Å². The van der Waals surface area contributed by atoms with Gasteiger partial charge < -0.3 is 9.47 Å². The summed E-state index contributed by atoms with van der Waals surface area (Å²) in [5.74, 6) is -0.667. The van der Waals surface area contributed by atoms with E-state index in [1.54, 1.807) is 24.3 Å². The number of nitro groups is 1. The first-order valence-electron chi connectivity index (χ1n) is 15.0. The molecule has 2 aliphatic carbocycles. The third kappa shape index (κ3) is 5.21. The van der Waals surface area contributed by atoms with Crippen LogP contribution in [0.3, 0.4) is 0 Å². The Morgan fingerprint density at radius 3 is 2.02 bits per heavy atom. The number of anilines is 1. The number of Topliss-reactive ketones (excluding diaryl/α,β-unsaturated/α-hetero) is 1. The molecule has 3 fully saturated rings. The highest BCUT2D eigenvalue weighted by atomic mass is 16.6. The first-order valence-corrected chi connectivity index (χ1v) is 15.0. The normalized spacial score (nSPS) is 22.9. The molecule has 4 aromatic rings. The van der Waals surface area contributed by atoms with E-state index < -0.39 is 23.3 Å². The lowest BCUT2D eigenvalue weighted by Gasteiger charge is -2.28. The number of carbonyl (C=O) groups excluding carboxylic acids is 4. The van der Waals surface area contributed by atoms with Gasteiger partial charge in [0, 0.05) is 17.7 Å². The zero-order chi connectivity index (χ0) is 31.9. The Kier molecular flexibility index (Phi) is 7.40. The van der Waals surface area contributed by atoms with Crippen LogP contribution in [0.15, 0.2) is 103 Å². The first kappa shape index (κ1) is 29.1. The van der Waals surface area contributed by atoms with Gasteiger partial charge in [0.1, 0.15) is 11.5 Å². The van der Waals surface area contributed by atoms with Crippen molar-refractivity contribution in [2.45, 2.75) is 18.8 Å². The maximum absolute atomic E-state index is 13.6. The van der Waals surface area contributed by atoms with E-state index in [0.29, 0.717) is 22.7 Å². The van der Waals surface area contributed by atoms with Crippen LogP contribution in [0.2, 0.25) is 0 Å². The predicted molar refractivity (Wildman–Crippen MR) is 166 cm³/mol. The van der Waals surface area contributed by atoms with E-state index in [9.17, 15) is 29.3 Å². The van der Waals surface area contributed by atoms with E-state index >= 15 is 0 Å². The molecule has 3 aliphatic rings. The standard InChI is InChI=1S/C36H28N2O8/c39-31(22-8-14-27(15-9-22)46-28-16-12-26(13-17-28)38(43)44)20-45-36(42)23-6-10-25(11-7-23)37-34(40)32-24-18-29(21-4-2-1-3-5-21)30(19-24)33(32)35(37)41/h1-17,24,29-30,32-33H,18-20H2. The summed E-state index contributed by atoms with van der Waals surface area (Å²) in [6, 6.07) is 28.1. The highest BCUT2D eigenvalue weighted by Gasteiger charge is 2.64. The fourth-order valence-electron chi connectivity index (χ4n) is 7.32. The molecule has 1 aliphatic heterocycles. The summed E-state index contributed by atoms with van der Waals surface area (Å²) in [6.45, 7) is -0.485. The molecule has 2 amide bonds. The number of fused-ring (bicyclic) bond motifs is 5. The van der Waals surface area contributed by atoms with Crippen molar-refractivity contribution in [3.63, 3.8) is 0 Å². The van der Waals surface area contributed by atoms with E-state index in [1.807, 2.05) is 18.2 Å². The molecule has 10 nitrogen and oxygen atoms in total. The van der Waals surface area contributed by atoms with Crippen molar-refractivity contribution in [1.29, 1.82) is 0 Å². The molecule has 1 heterocycles. The number of ketones is 1. The van der Waals surface area contributed by atoms with Crippen molar-refractivity contribution in [3.05, 3.63) is 130 Å². The molecule has 10 heteroatoms. The average molecular weight is 617 g/mol. The van der Waals surface area contributed by atoms with Crippen LogP contribution in [-0.4, -0.2) is 35.1 Å². The smallest absolute Gasteiger partial charge is 0.338 e. The number of carbonyl (C=O) groups is 4. The molecule has 2 saturated carbocycles. The van der Waals surface area contributed by atoms with Crippen molar-refractivity contribution in [1.82, 2.24) is 0 Å². The van der Waals surface area contributed by atoms with Crippen LogP contribution in [0, 0.1) is 33.8 Å². The van der Waals surface area contributed by atoms with Crippen LogP contribution in [0.4, 0.5) is 11.4 Å². The van der Waals surface area contributed by atoms with Gasteiger partial charge in [0.2, 0.25) is 11.8 Å². The first-order chi connectivity index (χ1) is 22.3. The fraction of sp³-hybridized carbons (Fsp3) is 0.222. The summed E-state index contributed by atoms with van der Waals surface area (Å²) in [4.78, 5) is 64.0. The zero-order valence-electron chi connectivity index (χ0n) is 24.5. The maximum Gasteiger partial charge on any atom is 0.338 e. The SMILES string of the molecule is O=C(COC(=O)c1ccc(N2C(=O)C3C4CC(c5ccccc5)C(C4)C3C2=O)cc1)c1ccc(Oc2ccc([N+](=O)[O-])cc2)cc1. The molecule has 0 spiro atoms. The van der Waals surface area contributed by atoms with E-state index in [4.69, 9.17) is 9.47 Å². The number of imide groups is 1. The third-order valence-electron chi connectivity index (χ3n) is 9.40. The number of hydrogen-bond acceptors (Lipinski definition) is 8. The topological polar surface area (TPSA) is 133 Å². The lowest BCUT2D eigenvalue weighted by atomic mass is 9.73. The van der Waals surface area contributed by atoms with Crippen LogP contribution in [-0.2, 0) is 14.3 Å². The van der Waals surface area contributed by atoms with Gasteiger partial charge in [-0.3, -0.25) is 29.4 Å². The molecular formula is C36H28N2O8. The number of hydrogen-bond donors (Lipinski definition) is 0. The van der Waals surface area contributed by atoms with Crippen molar-refractivity contribution in [2.75, 3.05) is 11.5 Å². The minimum absolute atomic E-state index is 0.0540. The second-order valence-electron chi connectivity index (χ2n) is 11.9. The summed E-state index contributed by atoms with van der Waals surface area (Å²) in [6.07, 6.45) is 1.80. The number of rotatable bonds is 9. The Bertz CT molecular complexity index is 1840. The molecule has 46 heavy (non-hydrogen) atoms. The van der Waals surface area contributed by atoms with Crippen LogP contribution in [0.5, 0.6) is 11.5 Å². The highest BCUT2D eigenvalue weighted by Crippen LogP contribution is 2.61. The van der Waals surface area contributed by atoms with Crippen molar-refractivity contribution >= 4 is 34.9 Å². The molecule has 0 radical (unpaired) electrons. The van der Waals surface area contributed by atoms with Crippen LogP contribution in [0.25, 0.3) is 0 Å². The maximum atomic E-state index is 13.6. The predicted octanol–water partition coefficient (Wildman–Crippen LogP) is 6.36. The van der Waals surface area contributed by atoms with E-state index in [0.717, 1.165) is 12.8 Å². The number of ether oxygens (including phenoxy) is 2. The number of benzene rings is 4. The number of non-ortho nitro benzene ring substituents is 1. The molecule has 0 N–H and O–H groups in total. The molecule has 7 rings (SSSR count). The van der Waals surface area contributed by atoms with E-state index in [1.165, 1.54) is 59.0 Å². The van der Waals surface area contributed by atoms with Gasteiger partial charge in [-0.05, 0) is 96.8 Å². The minimum Gasteiger partial charge on any atom is -0.457 e. The molecule has 1 saturated heterocycles. The minimum atomic E-state index is -0.710. The van der Waals surface area contributed by atoms with Crippen molar-refractivity contribution in [3.8, 4) is 11.5 Å². The second kappa shape index (κ2) is 11.7. The highest BCUT2D eigenvalue weighted by molar-refractivity contribution is 6.22. The zero-order valence-corrected chi connectivity index (χ0v) is 24.5. The average Bonchev–Trinajstić information content (AvgIpc) is 3.75. The molecule has 4 aromatic carbocycles.